The molecule has 15 heavy (non-hydrogen) atoms. The highest BCUT2D eigenvalue weighted by Crippen LogP contribution is 2.33. The van der Waals surface area contributed by atoms with Gasteiger partial charge in [-0.05, 0) is 56.8 Å². The average Bonchev–Trinajstić information content (AvgIpc) is 2.20. The van der Waals surface area contributed by atoms with Crippen LogP contribution in [-0.4, -0.2) is 0 Å². The highest BCUT2D eigenvalue weighted by atomic mass is 19.1. The monoisotopic (exact) mass is 204 g/mol. The summed E-state index contributed by atoms with van der Waals surface area (Å²) in [5, 5.41) is 0. The van der Waals surface area contributed by atoms with E-state index in [4.69, 9.17) is 0 Å². The van der Waals surface area contributed by atoms with Gasteiger partial charge in [-0.15, -0.1) is 0 Å². The molecule has 0 aromatic rings. The van der Waals surface area contributed by atoms with E-state index in [0.717, 1.165) is 36.8 Å². The van der Waals surface area contributed by atoms with Gasteiger partial charge >= 0.3 is 0 Å². The topological polar surface area (TPSA) is 0 Å². The predicted octanol–water partition coefficient (Wildman–Crippen LogP) is 4.62. The Morgan fingerprint density at radius 3 is 2.27 bits per heavy atom. The summed E-state index contributed by atoms with van der Waals surface area (Å²) in [4.78, 5) is 0. The Morgan fingerprint density at radius 1 is 0.933 bits per heavy atom. The Hall–Kier alpha value is -1.11. The Balaban J connectivity index is 2.29. The molecule has 2 aliphatic carbocycles. The molecule has 0 heterocycles. The lowest BCUT2D eigenvalue weighted by Gasteiger charge is -2.19. The van der Waals surface area contributed by atoms with E-state index in [1.165, 1.54) is 11.1 Å². The van der Waals surface area contributed by atoms with Crippen molar-refractivity contribution >= 4 is 0 Å². The number of allylic oxidation sites excluding steroid dienone is 8. The zero-order valence-corrected chi connectivity index (χ0v) is 9.44. The first-order valence-corrected chi connectivity index (χ1v) is 5.59. The fourth-order valence-electron chi connectivity index (χ4n) is 2.12. The Morgan fingerprint density at radius 2 is 1.67 bits per heavy atom. The quantitative estimate of drug-likeness (QED) is 0.584. The fraction of sp³-hybridized carbons (Fsp3) is 0.429. The summed E-state index contributed by atoms with van der Waals surface area (Å²) in [7, 11) is 0. The minimum Gasteiger partial charge on any atom is -0.207 e. The van der Waals surface area contributed by atoms with E-state index in [1.54, 1.807) is 6.08 Å². The summed E-state index contributed by atoms with van der Waals surface area (Å²) in [6.45, 7) is 4.12. The zero-order valence-electron chi connectivity index (χ0n) is 9.44. The Bertz CT molecular complexity index is 392. The van der Waals surface area contributed by atoms with Crippen molar-refractivity contribution in [1.29, 1.82) is 0 Å². The first kappa shape index (κ1) is 10.4. The second-order valence-corrected chi connectivity index (χ2v) is 4.52. The fourth-order valence-corrected chi connectivity index (χ4v) is 2.12. The SMILES string of the molecule is CC1=CC=C(C2=C(F)C=C(C)CC2)CC1. The maximum atomic E-state index is 13.7. The van der Waals surface area contributed by atoms with Crippen molar-refractivity contribution in [2.75, 3.05) is 0 Å². The van der Waals surface area contributed by atoms with Crippen molar-refractivity contribution in [3.63, 3.8) is 0 Å². The zero-order chi connectivity index (χ0) is 10.8. The smallest absolute Gasteiger partial charge is 0.126 e. The molecule has 0 aromatic carbocycles. The minimum absolute atomic E-state index is 0.0158. The molecule has 0 saturated heterocycles. The van der Waals surface area contributed by atoms with Gasteiger partial charge in [-0.1, -0.05) is 23.3 Å². The predicted molar refractivity (Wildman–Crippen MR) is 62.2 cm³/mol. The third kappa shape index (κ3) is 2.28. The molecular formula is C14H17F. The second kappa shape index (κ2) is 4.18. The van der Waals surface area contributed by atoms with Gasteiger partial charge < -0.3 is 0 Å². The number of hydrogen-bond acceptors (Lipinski definition) is 0. The van der Waals surface area contributed by atoms with Gasteiger partial charge in [0.25, 0.3) is 0 Å². The largest absolute Gasteiger partial charge is 0.207 e. The number of rotatable bonds is 1. The van der Waals surface area contributed by atoms with E-state index in [-0.39, 0.29) is 5.83 Å². The van der Waals surface area contributed by atoms with Crippen LogP contribution in [0.1, 0.15) is 39.5 Å². The molecule has 0 nitrogen and oxygen atoms in total. The van der Waals surface area contributed by atoms with E-state index in [9.17, 15) is 4.39 Å². The Kier molecular flexibility index (Phi) is 2.90. The van der Waals surface area contributed by atoms with Crippen LogP contribution in [0.25, 0.3) is 0 Å². The molecule has 1 heteroatoms. The van der Waals surface area contributed by atoms with Crippen LogP contribution in [-0.2, 0) is 0 Å². The van der Waals surface area contributed by atoms with Gasteiger partial charge in [-0.3, -0.25) is 0 Å². The molecule has 2 aliphatic rings. The first-order valence-electron chi connectivity index (χ1n) is 5.59. The molecule has 0 aliphatic heterocycles. The molecule has 80 valence electrons. The van der Waals surface area contributed by atoms with Gasteiger partial charge in [0.15, 0.2) is 0 Å². The molecule has 0 saturated carbocycles. The Labute approximate surface area is 90.9 Å². The molecule has 0 amide bonds. The normalized spacial score (nSPS) is 22.2. The van der Waals surface area contributed by atoms with Crippen LogP contribution in [0.15, 0.2) is 46.3 Å². The number of halogens is 1. The van der Waals surface area contributed by atoms with Crippen LogP contribution in [0.2, 0.25) is 0 Å². The van der Waals surface area contributed by atoms with Gasteiger partial charge in [0.2, 0.25) is 0 Å². The third-order valence-electron chi connectivity index (χ3n) is 3.18. The third-order valence-corrected chi connectivity index (χ3v) is 3.18. The average molecular weight is 204 g/mol. The minimum atomic E-state index is -0.0158. The highest BCUT2D eigenvalue weighted by molar-refractivity contribution is 5.44. The lowest BCUT2D eigenvalue weighted by atomic mass is 9.87. The summed E-state index contributed by atoms with van der Waals surface area (Å²) < 4.78 is 13.7. The van der Waals surface area contributed by atoms with Crippen LogP contribution in [0, 0.1) is 0 Å². The van der Waals surface area contributed by atoms with Crippen LogP contribution in [0.4, 0.5) is 4.39 Å². The number of hydrogen-bond donors (Lipinski definition) is 0. The van der Waals surface area contributed by atoms with Gasteiger partial charge in [0, 0.05) is 0 Å². The van der Waals surface area contributed by atoms with Gasteiger partial charge in [-0.25, -0.2) is 4.39 Å². The lowest BCUT2D eigenvalue weighted by Crippen LogP contribution is -2.01. The molecule has 0 spiro atoms. The van der Waals surface area contributed by atoms with E-state index >= 15 is 0 Å². The molecule has 2 rings (SSSR count). The van der Waals surface area contributed by atoms with E-state index in [1.807, 2.05) is 6.92 Å². The van der Waals surface area contributed by atoms with Gasteiger partial charge in [-0.2, -0.15) is 0 Å². The summed E-state index contributed by atoms with van der Waals surface area (Å²) >= 11 is 0. The maximum Gasteiger partial charge on any atom is 0.126 e. The molecule has 0 fully saturated rings. The first-order chi connectivity index (χ1) is 7.16. The van der Waals surface area contributed by atoms with Crippen LogP contribution in [0.3, 0.4) is 0 Å². The van der Waals surface area contributed by atoms with E-state index < -0.39 is 0 Å². The van der Waals surface area contributed by atoms with Crippen molar-refractivity contribution in [3.8, 4) is 0 Å². The highest BCUT2D eigenvalue weighted by Gasteiger charge is 2.16. The van der Waals surface area contributed by atoms with Crippen molar-refractivity contribution in [1.82, 2.24) is 0 Å². The van der Waals surface area contributed by atoms with Gasteiger partial charge in [0.05, 0.1) is 0 Å². The molecule has 0 radical (unpaired) electrons. The molecule has 0 atom stereocenters. The van der Waals surface area contributed by atoms with Gasteiger partial charge in [0.1, 0.15) is 5.83 Å². The van der Waals surface area contributed by atoms with Crippen LogP contribution < -0.4 is 0 Å². The van der Waals surface area contributed by atoms with Crippen molar-refractivity contribution < 1.29 is 4.39 Å². The maximum absolute atomic E-state index is 13.7. The molecule has 0 unspecified atom stereocenters. The van der Waals surface area contributed by atoms with Crippen LogP contribution >= 0.6 is 0 Å². The summed E-state index contributed by atoms with van der Waals surface area (Å²) in [5.74, 6) is -0.0158. The standard InChI is InChI=1S/C14H17F/c1-10-3-6-12(7-4-10)13-8-5-11(2)9-14(13)15/h3,6,9H,4-5,7-8H2,1-2H3. The second-order valence-electron chi connectivity index (χ2n) is 4.52. The summed E-state index contributed by atoms with van der Waals surface area (Å²) in [5.41, 5.74) is 4.67. The molecule has 0 N–H and O–H groups in total. The summed E-state index contributed by atoms with van der Waals surface area (Å²) in [6, 6.07) is 0. The molecular weight excluding hydrogens is 187 g/mol. The lowest BCUT2D eigenvalue weighted by molar-refractivity contribution is 0.629. The van der Waals surface area contributed by atoms with Crippen molar-refractivity contribution in [2.24, 2.45) is 0 Å². The summed E-state index contributed by atoms with van der Waals surface area (Å²) in [6.07, 6.45) is 9.83. The molecule has 0 bridgehead atoms. The van der Waals surface area contributed by atoms with E-state index in [0.29, 0.717) is 0 Å². The van der Waals surface area contributed by atoms with Crippen molar-refractivity contribution in [3.05, 3.63) is 46.3 Å². The van der Waals surface area contributed by atoms with Crippen molar-refractivity contribution in [2.45, 2.75) is 39.5 Å². The molecule has 0 aromatic heterocycles. The van der Waals surface area contributed by atoms with E-state index in [2.05, 4.69) is 19.1 Å². The van der Waals surface area contributed by atoms with Crippen LogP contribution in [0.5, 0.6) is 0 Å².